The van der Waals surface area contributed by atoms with Crippen molar-refractivity contribution in [3.8, 4) is 0 Å². The third kappa shape index (κ3) is 5.50. The van der Waals surface area contributed by atoms with Crippen molar-refractivity contribution in [3.05, 3.63) is 64.5 Å². The number of hydrogen-bond acceptors (Lipinski definition) is 4. The first-order valence-corrected chi connectivity index (χ1v) is 11.8. The molecular weight excluding hydrogens is 419 g/mol. The number of carbonyl (C=O) groups excluding carboxylic acids is 1. The summed E-state index contributed by atoms with van der Waals surface area (Å²) < 4.78 is 46.9. The van der Waals surface area contributed by atoms with E-state index in [1.54, 1.807) is 26.0 Å². The Kier molecular flexibility index (Phi) is 7.13. The van der Waals surface area contributed by atoms with Gasteiger partial charge >= 0.3 is 0 Å². The summed E-state index contributed by atoms with van der Waals surface area (Å²) in [7, 11) is -3.73. The Morgan fingerprint density at radius 3 is 2.23 bits per heavy atom. The molecule has 0 aromatic heterocycles. The Morgan fingerprint density at radius 2 is 1.65 bits per heavy atom. The van der Waals surface area contributed by atoms with Gasteiger partial charge in [-0.2, -0.15) is 0 Å². The van der Waals surface area contributed by atoms with Crippen LogP contribution in [0.3, 0.4) is 0 Å². The largest absolute Gasteiger partial charge is 0.381 e. The van der Waals surface area contributed by atoms with Crippen LogP contribution in [-0.2, 0) is 25.1 Å². The van der Waals surface area contributed by atoms with Gasteiger partial charge in [0, 0.05) is 26.2 Å². The molecule has 0 radical (unpaired) electrons. The van der Waals surface area contributed by atoms with Crippen LogP contribution in [0.25, 0.3) is 0 Å². The quantitative estimate of drug-likeness (QED) is 0.681. The maximum atomic E-state index is 13.4. The third-order valence-electron chi connectivity index (χ3n) is 5.64. The summed E-state index contributed by atoms with van der Waals surface area (Å²) in [4.78, 5) is 13.0. The molecule has 1 aliphatic rings. The molecular formula is C23H29FN2O4S. The van der Waals surface area contributed by atoms with E-state index in [-0.39, 0.29) is 29.6 Å². The van der Waals surface area contributed by atoms with E-state index in [1.807, 2.05) is 19.1 Å². The van der Waals surface area contributed by atoms with Gasteiger partial charge < -0.3 is 10.1 Å². The van der Waals surface area contributed by atoms with Gasteiger partial charge in [-0.25, -0.2) is 17.5 Å². The number of aryl methyl sites for hydroxylation is 3. The van der Waals surface area contributed by atoms with Gasteiger partial charge in [-0.15, -0.1) is 0 Å². The molecule has 0 bridgehead atoms. The molecule has 3 rings (SSSR count). The van der Waals surface area contributed by atoms with E-state index in [1.165, 1.54) is 12.1 Å². The van der Waals surface area contributed by atoms with E-state index in [9.17, 15) is 17.6 Å². The van der Waals surface area contributed by atoms with E-state index in [0.717, 1.165) is 11.1 Å². The number of benzene rings is 2. The van der Waals surface area contributed by atoms with Crippen LogP contribution in [0, 0.1) is 26.6 Å². The second-order valence-electron chi connectivity index (χ2n) is 8.13. The molecule has 0 saturated carbocycles. The molecule has 168 valence electrons. The van der Waals surface area contributed by atoms with Crippen molar-refractivity contribution >= 4 is 15.9 Å². The summed E-state index contributed by atoms with van der Waals surface area (Å²) in [5, 5.41) is 3.05. The number of rotatable bonds is 7. The first-order valence-electron chi connectivity index (χ1n) is 10.4. The molecule has 0 spiro atoms. The van der Waals surface area contributed by atoms with Gasteiger partial charge in [0.2, 0.25) is 15.9 Å². The monoisotopic (exact) mass is 448 g/mol. The minimum atomic E-state index is -3.73. The Bertz CT molecular complexity index is 1020. The van der Waals surface area contributed by atoms with Gasteiger partial charge in [-0.3, -0.25) is 4.79 Å². The highest BCUT2D eigenvalue weighted by atomic mass is 32.2. The predicted molar refractivity (Wildman–Crippen MR) is 117 cm³/mol. The molecule has 0 aliphatic carbocycles. The number of sulfonamides is 1. The third-order valence-corrected chi connectivity index (χ3v) is 7.40. The van der Waals surface area contributed by atoms with Gasteiger partial charge in [0.1, 0.15) is 5.82 Å². The second kappa shape index (κ2) is 9.46. The van der Waals surface area contributed by atoms with Gasteiger partial charge in [0.05, 0.1) is 10.4 Å². The standard InChI is InChI=1S/C23H29FN2O4S/c1-16-14-17(2)22(18(3)15-16)31(28,29)25-11-8-21(27)26-23(9-12-30-13-10-23)19-4-6-20(24)7-5-19/h4-7,14-15,25H,8-13H2,1-3H3,(H,26,27). The Labute approximate surface area is 183 Å². The van der Waals surface area contributed by atoms with Crippen LogP contribution in [0.1, 0.15) is 41.5 Å². The Hall–Kier alpha value is -2.29. The molecule has 0 unspecified atom stereocenters. The minimum absolute atomic E-state index is 0.00696. The van der Waals surface area contributed by atoms with Gasteiger partial charge in [-0.05, 0) is 62.4 Å². The van der Waals surface area contributed by atoms with Gasteiger partial charge in [-0.1, -0.05) is 29.8 Å². The summed E-state index contributed by atoms with van der Waals surface area (Å²) in [5.74, 6) is -0.611. The van der Waals surface area contributed by atoms with Crippen LogP contribution in [0.2, 0.25) is 0 Å². The molecule has 1 amide bonds. The van der Waals surface area contributed by atoms with Crippen molar-refractivity contribution in [2.45, 2.75) is 50.5 Å². The predicted octanol–water partition coefficient (Wildman–Crippen LogP) is 3.24. The Balaban J connectivity index is 1.66. The van der Waals surface area contributed by atoms with Gasteiger partial charge in [0.15, 0.2) is 0 Å². The summed E-state index contributed by atoms with van der Waals surface area (Å²) >= 11 is 0. The van der Waals surface area contributed by atoms with Crippen molar-refractivity contribution in [3.63, 3.8) is 0 Å². The summed E-state index contributed by atoms with van der Waals surface area (Å²) in [6.07, 6.45) is 1.13. The lowest BCUT2D eigenvalue weighted by Crippen LogP contribution is -2.50. The molecule has 1 fully saturated rings. The zero-order valence-corrected chi connectivity index (χ0v) is 18.9. The molecule has 1 aliphatic heterocycles. The average Bonchev–Trinajstić information content (AvgIpc) is 2.67. The molecule has 1 heterocycles. The molecule has 0 atom stereocenters. The summed E-state index contributed by atoms with van der Waals surface area (Å²) in [5.41, 5.74) is 2.51. The highest BCUT2D eigenvalue weighted by molar-refractivity contribution is 7.89. The number of halogens is 1. The maximum Gasteiger partial charge on any atom is 0.241 e. The van der Waals surface area contributed by atoms with E-state index >= 15 is 0 Å². The van der Waals surface area contributed by atoms with Gasteiger partial charge in [0.25, 0.3) is 0 Å². The lowest BCUT2D eigenvalue weighted by Gasteiger charge is -2.38. The number of ether oxygens (including phenoxy) is 1. The number of amides is 1. The molecule has 2 N–H and O–H groups in total. The molecule has 6 nitrogen and oxygen atoms in total. The van der Waals surface area contributed by atoms with Crippen molar-refractivity contribution in [1.29, 1.82) is 0 Å². The lowest BCUT2D eigenvalue weighted by molar-refractivity contribution is -0.124. The minimum Gasteiger partial charge on any atom is -0.381 e. The van der Waals surface area contributed by atoms with E-state index in [4.69, 9.17) is 4.74 Å². The van der Waals surface area contributed by atoms with E-state index in [2.05, 4.69) is 10.0 Å². The highest BCUT2D eigenvalue weighted by Gasteiger charge is 2.36. The van der Waals surface area contributed by atoms with E-state index in [0.29, 0.717) is 37.2 Å². The molecule has 8 heteroatoms. The smallest absolute Gasteiger partial charge is 0.241 e. The second-order valence-corrected chi connectivity index (χ2v) is 9.83. The molecule has 2 aromatic carbocycles. The number of hydrogen-bond donors (Lipinski definition) is 2. The van der Waals surface area contributed by atoms with Crippen LogP contribution in [0.15, 0.2) is 41.3 Å². The maximum absolute atomic E-state index is 13.4. The average molecular weight is 449 g/mol. The van der Waals surface area contributed by atoms with Crippen LogP contribution in [0.5, 0.6) is 0 Å². The van der Waals surface area contributed by atoms with Crippen molar-refractivity contribution in [2.75, 3.05) is 19.8 Å². The zero-order chi connectivity index (χ0) is 22.6. The fourth-order valence-corrected chi connectivity index (χ4v) is 5.75. The van der Waals surface area contributed by atoms with Crippen molar-refractivity contribution in [2.24, 2.45) is 0 Å². The summed E-state index contributed by atoms with van der Waals surface area (Å²) in [6, 6.07) is 9.75. The highest BCUT2D eigenvalue weighted by Crippen LogP contribution is 2.32. The van der Waals surface area contributed by atoms with Crippen molar-refractivity contribution < 1.29 is 22.3 Å². The van der Waals surface area contributed by atoms with Crippen LogP contribution < -0.4 is 10.0 Å². The first kappa shape index (κ1) is 23.4. The van der Waals surface area contributed by atoms with Crippen LogP contribution in [0.4, 0.5) is 4.39 Å². The number of nitrogens with one attached hydrogen (secondary N) is 2. The van der Waals surface area contributed by atoms with Crippen molar-refractivity contribution in [1.82, 2.24) is 10.0 Å². The SMILES string of the molecule is Cc1cc(C)c(S(=O)(=O)NCCC(=O)NC2(c3ccc(F)cc3)CCOCC2)c(C)c1. The summed E-state index contributed by atoms with van der Waals surface area (Å²) in [6.45, 7) is 6.39. The Morgan fingerprint density at radius 1 is 1.06 bits per heavy atom. The molecule has 2 aromatic rings. The van der Waals surface area contributed by atoms with Crippen LogP contribution >= 0.6 is 0 Å². The molecule has 1 saturated heterocycles. The zero-order valence-electron chi connectivity index (χ0n) is 18.1. The number of carbonyl (C=O) groups is 1. The topological polar surface area (TPSA) is 84.5 Å². The fraction of sp³-hybridized carbons (Fsp3) is 0.435. The first-order chi connectivity index (χ1) is 14.6. The van der Waals surface area contributed by atoms with Crippen LogP contribution in [-0.4, -0.2) is 34.1 Å². The molecule has 31 heavy (non-hydrogen) atoms. The fourth-order valence-electron chi connectivity index (χ4n) is 4.27. The lowest BCUT2D eigenvalue weighted by atomic mass is 9.82. The normalized spacial score (nSPS) is 16.1. The van der Waals surface area contributed by atoms with E-state index < -0.39 is 15.6 Å².